The molecule has 2 aromatic heterocycles. The third-order valence-corrected chi connectivity index (χ3v) is 3.33. The Morgan fingerprint density at radius 2 is 1.95 bits per heavy atom. The first-order valence-electron chi connectivity index (χ1n) is 6.57. The van der Waals surface area contributed by atoms with Crippen molar-refractivity contribution in [1.29, 1.82) is 0 Å². The Kier molecular flexibility index (Phi) is 2.41. The molecule has 1 N–H and O–H groups in total. The topological polar surface area (TPSA) is 67.9 Å². The highest BCUT2D eigenvalue weighted by Gasteiger charge is 2.09. The lowest BCUT2D eigenvalue weighted by Gasteiger charge is -2.02. The summed E-state index contributed by atoms with van der Waals surface area (Å²) in [6, 6.07) is 13.2. The van der Waals surface area contributed by atoms with Crippen LogP contribution in [0.15, 0.2) is 42.5 Å². The van der Waals surface area contributed by atoms with Gasteiger partial charge in [-0.05, 0) is 18.2 Å². The smallest absolute Gasteiger partial charge is 0.308 e. The molecule has 102 valence electrons. The molecule has 0 saturated carbocycles. The minimum atomic E-state index is -0.351. The van der Waals surface area contributed by atoms with Crippen molar-refractivity contribution >= 4 is 39.1 Å². The molecule has 2 aromatic carbocycles. The molecule has 0 unspecified atom stereocenters. The molecule has 0 aliphatic rings. The maximum absolute atomic E-state index is 11.0. The fourth-order valence-corrected chi connectivity index (χ4v) is 2.46. The van der Waals surface area contributed by atoms with Gasteiger partial charge in [0.05, 0.1) is 11.0 Å². The predicted octanol–water partition coefficient (Wildman–Crippen LogP) is 3.19. The van der Waals surface area contributed by atoms with Crippen molar-refractivity contribution in [3.8, 4) is 5.75 Å². The fourth-order valence-electron chi connectivity index (χ4n) is 2.46. The fraction of sp³-hybridized carbons (Fsp3) is 0.0625. The monoisotopic (exact) mass is 277 g/mol. The number of nitrogens with one attached hydrogen (secondary N) is 1. The largest absolute Gasteiger partial charge is 0.427 e. The Morgan fingerprint density at radius 3 is 2.81 bits per heavy atom. The molecule has 4 aromatic rings. The van der Waals surface area contributed by atoms with Gasteiger partial charge in [0.15, 0.2) is 5.65 Å². The summed E-state index contributed by atoms with van der Waals surface area (Å²) < 4.78 is 5.09. The zero-order chi connectivity index (χ0) is 14.4. The Bertz CT molecular complexity index is 1000. The minimum absolute atomic E-state index is 0.351. The van der Waals surface area contributed by atoms with Crippen LogP contribution in [0.5, 0.6) is 5.75 Å². The quantitative estimate of drug-likeness (QED) is 0.428. The first kappa shape index (κ1) is 11.8. The number of carbonyl (C=O) groups is 1. The van der Waals surface area contributed by atoms with E-state index < -0.39 is 0 Å². The second kappa shape index (κ2) is 4.28. The van der Waals surface area contributed by atoms with Crippen LogP contribution < -0.4 is 4.74 Å². The van der Waals surface area contributed by atoms with Crippen molar-refractivity contribution in [2.24, 2.45) is 0 Å². The van der Waals surface area contributed by atoms with Crippen LogP contribution in [0.25, 0.3) is 33.1 Å². The minimum Gasteiger partial charge on any atom is -0.427 e. The number of para-hydroxylation sites is 1. The van der Waals surface area contributed by atoms with Crippen LogP contribution in [-0.2, 0) is 4.79 Å². The highest BCUT2D eigenvalue weighted by atomic mass is 16.5. The lowest BCUT2D eigenvalue weighted by molar-refractivity contribution is -0.131. The van der Waals surface area contributed by atoms with E-state index in [4.69, 9.17) is 4.74 Å². The summed E-state index contributed by atoms with van der Waals surface area (Å²) in [7, 11) is 0. The molecule has 0 spiro atoms. The van der Waals surface area contributed by atoms with Crippen molar-refractivity contribution in [2.75, 3.05) is 0 Å². The molecule has 21 heavy (non-hydrogen) atoms. The number of ether oxygens (including phenoxy) is 1. The molecule has 4 rings (SSSR count). The molecule has 0 amide bonds. The predicted molar refractivity (Wildman–Crippen MR) is 80.2 cm³/mol. The van der Waals surface area contributed by atoms with E-state index in [0.717, 1.165) is 27.6 Å². The Balaban J connectivity index is 2.01. The zero-order valence-corrected chi connectivity index (χ0v) is 11.3. The lowest BCUT2D eigenvalue weighted by Crippen LogP contribution is -2.01. The van der Waals surface area contributed by atoms with Crippen LogP contribution in [0.4, 0.5) is 0 Å². The molecule has 0 fully saturated rings. The van der Waals surface area contributed by atoms with Gasteiger partial charge in [-0.2, -0.15) is 0 Å². The van der Waals surface area contributed by atoms with Gasteiger partial charge in [-0.25, -0.2) is 9.97 Å². The van der Waals surface area contributed by atoms with E-state index in [0.29, 0.717) is 11.3 Å². The van der Waals surface area contributed by atoms with E-state index >= 15 is 0 Å². The van der Waals surface area contributed by atoms with Crippen molar-refractivity contribution in [3.05, 3.63) is 42.5 Å². The van der Waals surface area contributed by atoms with E-state index in [1.165, 1.54) is 6.92 Å². The van der Waals surface area contributed by atoms with E-state index in [1.54, 1.807) is 18.2 Å². The molecule has 5 heteroatoms. The number of nitrogens with zero attached hydrogens (tertiary/aromatic N) is 2. The third-order valence-electron chi connectivity index (χ3n) is 3.33. The summed E-state index contributed by atoms with van der Waals surface area (Å²) in [5, 5.41) is 1.03. The van der Waals surface area contributed by atoms with Gasteiger partial charge in [-0.1, -0.05) is 18.2 Å². The molecule has 2 heterocycles. The molecule has 0 saturated heterocycles. The second-order valence-electron chi connectivity index (χ2n) is 4.84. The number of aromatic amines is 1. The molecule has 5 nitrogen and oxygen atoms in total. The van der Waals surface area contributed by atoms with Crippen molar-refractivity contribution in [3.63, 3.8) is 0 Å². The SMILES string of the molecule is CC(=O)Oc1ccc2nc3[nH]c4ccccc4c3nc2c1. The molecule has 0 atom stereocenters. The number of hydrogen-bond donors (Lipinski definition) is 1. The molecule has 0 aliphatic carbocycles. The third kappa shape index (κ3) is 1.90. The second-order valence-corrected chi connectivity index (χ2v) is 4.84. The molecule has 0 radical (unpaired) electrons. The molecular weight excluding hydrogens is 266 g/mol. The maximum atomic E-state index is 11.0. The van der Waals surface area contributed by atoms with Gasteiger partial charge >= 0.3 is 5.97 Å². The van der Waals surface area contributed by atoms with Crippen molar-refractivity contribution < 1.29 is 9.53 Å². The molecular formula is C16H11N3O2. The zero-order valence-electron chi connectivity index (χ0n) is 11.3. The van der Waals surface area contributed by atoms with E-state index in [2.05, 4.69) is 15.0 Å². The highest BCUT2D eigenvalue weighted by Crippen LogP contribution is 2.26. The first-order chi connectivity index (χ1) is 10.2. The van der Waals surface area contributed by atoms with Gasteiger partial charge < -0.3 is 9.72 Å². The highest BCUT2D eigenvalue weighted by molar-refractivity contribution is 6.05. The van der Waals surface area contributed by atoms with Crippen molar-refractivity contribution in [2.45, 2.75) is 6.92 Å². The summed E-state index contributed by atoms with van der Waals surface area (Å²) in [4.78, 5) is 23.5. The Hall–Kier alpha value is -2.95. The average Bonchev–Trinajstić information content (AvgIpc) is 2.82. The molecule has 0 aliphatic heterocycles. The van der Waals surface area contributed by atoms with E-state index in [9.17, 15) is 4.79 Å². The van der Waals surface area contributed by atoms with Gasteiger partial charge in [0.2, 0.25) is 0 Å². The number of esters is 1. The van der Waals surface area contributed by atoms with Crippen LogP contribution in [0.1, 0.15) is 6.92 Å². The number of benzene rings is 2. The van der Waals surface area contributed by atoms with Gasteiger partial charge in [0, 0.05) is 23.9 Å². The Labute approximate surface area is 119 Å². The van der Waals surface area contributed by atoms with Crippen LogP contribution >= 0.6 is 0 Å². The van der Waals surface area contributed by atoms with E-state index in [-0.39, 0.29) is 5.97 Å². The number of hydrogen-bond acceptors (Lipinski definition) is 4. The van der Waals surface area contributed by atoms with Gasteiger partial charge in [0.25, 0.3) is 0 Å². The van der Waals surface area contributed by atoms with Gasteiger partial charge in [-0.15, -0.1) is 0 Å². The van der Waals surface area contributed by atoms with Crippen LogP contribution in [-0.4, -0.2) is 20.9 Å². The van der Waals surface area contributed by atoms with Crippen LogP contribution in [0.3, 0.4) is 0 Å². The van der Waals surface area contributed by atoms with Crippen LogP contribution in [0, 0.1) is 0 Å². The molecule has 0 bridgehead atoms. The summed E-state index contributed by atoms with van der Waals surface area (Å²) >= 11 is 0. The first-order valence-corrected chi connectivity index (χ1v) is 6.57. The summed E-state index contributed by atoms with van der Waals surface area (Å²) in [6.45, 7) is 1.37. The summed E-state index contributed by atoms with van der Waals surface area (Å²) in [5.41, 5.74) is 4.03. The number of H-pyrrole nitrogens is 1. The normalized spacial score (nSPS) is 11.3. The maximum Gasteiger partial charge on any atom is 0.308 e. The number of fused-ring (bicyclic) bond motifs is 4. The van der Waals surface area contributed by atoms with Crippen molar-refractivity contribution in [1.82, 2.24) is 15.0 Å². The Morgan fingerprint density at radius 1 is 1.10 bits per heavy atom. The van der Waals surface area contributed by atoms with Gasteiger partial charge in [0.1, 0.15) is 11.3 Å². The van der Waals surface area contributed by atoms with Crippen LogP contribution in [0.2, 0.25) is 0 Å². The lowest BCUT2D eigenvalue weighted by atomic mass is 10.2. The number of aromatic nitrogens is 3. The van der Waals surface area contributed by atoms with Gasteiger partial charge in [-0.3, -0.25) is 4.79 Å². The summed E-state index contributed by atoms with van der Waals surface area (Å²) in [5.74, 6) is 0.124. The summed E-state index contributed by atoms with van der Waals surface area (Å²) in [6.07, 6.45) is 0. The average molecular weight is 277 g/mol. The number of carbonyl (C=O) groups excluding carboxylic acids is 1. The number of rotatable bonds is 1. The standard InChI is InChI=1S/C16H11N3O2/c1-9(20)21-10-6-7-13-14(8-10)17-15-11-4-2-3-5-12(11)18-16(15)19-13/h2-8H,1H3,(H,18,19). The van der Waals surface area contributed by atoms with E-state index in [1.807, 2.05) is 24.3 Å².